The van der Waals surface area contributed by atoms with Crippen LogP contribution >= 0.6 is 0 Å². The molecule has 0 radical (unpaired) electrons. The lowest BCUT2D eigenvalue weighted by Gasteiger charge is -2.31. The highest BCUT2D eigenvalue weighted by atomic mass is 15.4. The van der Waals surface area contributed by atoms with Crippen molar-refractivity contribution in [2.24, 2.45) is 5.92 Å². The lowest BCUT2D eigenvalue weighted by Crippen LogP contribution is -2.36. The molecule has 2 fully saturated rings. The van der Waals surface area contributed by atoms with Crippen LogP contribution < -0.4 is 9.80 Å². The number of piperidine rings is 1. The number of aromatic amines is 1. The Morgan fingerprint density at radius 1 is 1.00 bits per heavy atom. The van der Waals surface area contributed by atoms with Crippen LogP contribution in [0.5, 0.6) is 0 Å². The molecule has 2 aromatic rings. The summed E-state index contributed by atoms with van der Waals surface area (Å²) in [7, 11) is 0. The van der Waals surface area contributed by atoms with Crippen molar-refractivity contribution in [2.75, 3.05) is 36.0 Å². The van der Waals surface area contributed by atoms with Gasteiger partial charge in [0.2, 0.25) is 11.6 Å². The third-order valence-corrected chi connectivity index (χ3v) is 4.50. The summed E-state index contributed by atoms with van der Waals surface area (Å²) in [4.78, 5) is 14.0. The van der Waals surface area contributed by atoms with Gasteiger partial charge in [0.05, 0.1) is 0 Å². The number of hydrogen-bond donors (Lipinski definition) is 1. The first-order chi connectivity index (χ1) is 10.3. The van der Waals surface area contributed by atoms with Gasteiger partial charge in [-0.3, -0.25) is 0 Å². The number of H-pyrrole nitrogens is 1. The third kappa shape index (κ3) is 2.30. The predicted octanol–water partition coefficient (Wildman–Crippen LogP) is 1.58. The van der Waals surface area contributed by atoms with Gasteiger partial charge in [-0.1, -0.05) is 6.92 Å². The molecular formula is C14H21N7. The van der Waals surface area contributed by atoms with Crippen LogP contribution in [0.25, 0.3) is 11.2 Å². The van der Waals surface area contributed by atoms with E-state index in [1.807, 2.05) is 0 Å². The zero-order chi connectivity index (χ0) is 14.2. The fourth-order valence-corrected chi connectivity index (χ4v) is 3.38. The van der Waals surface area contributed by atoms with Crippen LogP contribution in [-0.2, 0) is 0 Å². The first-order valence-corrected chi connectivity index (χ1v) is 7.89. The fourth-order valence-electron chi connectivity index (χ4n) is 3.38. The maximum absolute atomic E-state index is 4.83. The summed E-state index contributed by atoms with van der Waals surface area (Å²) in [5.74, 6) is 2.45. The third-order valence-electron chi connectivity index (χ3n) is 4.50. The van der Waals surface area contributed by atoms with Gasteiger partial charge in [-0.25, -0.2) is 0 Å². The van der Waals surface area contributed by atoms with Crippen LogP contribution in [0.4, 0.5) is 11.8 Å². The summed E-state index contributed by atoms with van der Waals surface area (Å²) in [6.07, 6.45) is 4.95. The van der Waals surface area contributed by atoms with Gasteiger partial charge in [-0.15, -0.1) is 5.10 Å². The lowest BCUT2D eigenvalue weighted by atomic mass is 10.0. The largest absolute Gasteiger partial charge is 0.355 e. The zero-order valence-corrected chi connectivity index (χ0v) is 12.4. The molecule has 1 atom stereocenters. The van der Waals surface area contributed by atoms with E-state index in [1.165, 1.54) is 25.7 Å². The smallest absolute Gasteiger partial charge is 0.229 e. The van der Waals surface area contributed by atoms with E-state index < -0.39 is 0 Å². The van der Waals surface area contributed by atoms with E-state index in [4.69, 9.17) is 4.98 Å². The maximum atomic E-state index is 4.83. The van der Waals surface area contributed by atoms with Crippen molar-refractivity contribution in [3.63, 3.8) is 0 Å². The van der Waals surface area contributed by atoms with Crippen LogP contribution in [0.2, 0.25) is 0 Å². The summed E-state index contributed by atoms with van der Waals surface area (Å²) in [6, 6.07) is 0. The first-order valence-electron chi connectivity index (χ1n) is 7.89. The van der Waals surface area contributed by atoms with E-state index in [9.17, 15) is 0 Å². The second-order valence-corrected chi connectivity index (χ2v) is 6.23. The van der Waals surface area contributed by atoms with E-state index in [1.54, 1.807) is 0 Å². The number of hydrogen-bond acceptors (Lipinski definition) is 6. The summed E-state index contributed by atoms with van der Waals surface area (Å²) in [6.45, 7) is 6.46. The summed E-state index contributed by atoms with van der Waals surface area (Å²) in [5, 5.41) is 11.1. The van der Waals surface area contributed by atoms with Crippen molar-refractivity contribution in [3.8, 4) is 0 Å². The number of aromatic nitrogens is 5. The zero-order valence-electron chi connectivity index (χ0n) is 12.4. The lowest BCUT2D eigenvalue weighted by molar-refractivity contribution is 0.442. The van der Waals surface area contributed by atoms with Gasteiger partial charge in [-0.05, 0) is 31.6 Å². The molecule has 0 bridgehead atoms. The van der Waals surface area contributed by atoms with Crippen molar-refractivity contribution >= 4 is 22.9 Å². The molecule has 2 aliphatic rings. The fraction of sp³-hybridized carbons (Fsp3) is 0.714. The predicted molar refractivity (Wildman–Crippen MR) is 81.5 cm³/mol. The average Bonchev–Trinajstić information content (AvgIpc) is 3.17. The second-order valence-electron chi connectivity index (χ2n) is 6.23. The van der Waals surface area contributed by atoms with Crippen molar-refractivity contribution in [1.82, 2.24) is 25.4 Å². The molecule has 2 aliphatic heterocycles. The van der Waals surface area contributed by atoms with E-state index in [2.05, 4.69) is 37.1 Å². The normalized spacial score (nSPS) is 23.2. The van der Waals surface area contributed by atoms with Gasteiger partial charge in [0.1, 0.15) is 0 Å². The molecule has 2 saturated heterocycles. The second kappa shape index (κ2) is 5.13. The SMILES string of the molecule is C[C@H]1CCCN(c2nc(N3CCCC3)c3n[nH]nc3n2)C1. The number of rotatable bonds is 2. The monoisotopic (exact) mass is 287 g/mol. The molecule has 7 nitrogen and oxygen atoms in total. The molecule has 0 amide bonds. The van der Waals surface area contributed by atoms with E-state index in [0.717, 1.165) is 43.5 Å². The number of fused-ring (bicyclic) bond motifs is 1. The van der Waals surface area contributed by atoms with Gasteiger partial charge < -0.3 is 9.80 Å². The van der Waals surface area contributed by atoms with Crippen LogP contribution in [0.1, 0.15) is 32.6 Å². The highest BCUT2D eigenvalue weighted by Crippen LogP contribution is 2.28. The molecule has 0 spiro atoms. The van der Waals surface area contributed by atoms with Crippen molar-refractivity contribution < 1.29 is 0 Å². The minimum Gasteiger partial charge on any atom is -0.355 e. The first kappa shape index (κ1) is 12.8. The molecule has 0 aliphatic carbocycles. The van der Waals surface area contributed by atoms with Crippen LogP contribution in [-0.4, -0.2) is 51.6 Å². The molecule has 2 aromatic heterocycles. The van der Waals surface area contributed by atoms with E-state index in [-0.39, 0.29) is 0 Å². The Kier molecular flexibility index (Phi) is 3.12. The van der Waals surface area contributed by atoms with Crippen molar-refractivity contribution in [3.05, 3.63) is 0 Å². The molecule has 21 heavy (non-hydrogen) atoms. The number of nitrogens with zero attached hydrogens (tertiary/aromatic N) is 6. The van der Waals surface area contributed by atoms with Crippen molar-refractivity contribution in [1.29, 1.82) is 0 Å². The van der Waals surface area contributed by atoms with Gasteiger partial charge in [0.15, 0.2) is 11.3 Å². The highest BCUT2D eigenvalue weighted by molar-refractivity contribution is 5.83. The number of nitrogens with one attached hydrogen (secondary N) is 1. The molecular weight excluding hydrogens is 266 g/mol. The summed E-state index contributed by atoms with van der Waals surface area (Å²) >= 11 is 0. The van der Waals surface area contributed by atoms with Crippen LogP contribution in [0.3, 0.4) is 0 Å². The minimum absolute atomic E-state index is 0.681. The maximum Gasteiger partial charge on any atom is 0.229 e. The van der Waals surface area contributed by atoms with Crippen LogP contribution in [0.15, 0.2) is 0 Å². The Morgan fingerprint density at radius 3 is 2.62 bits per heavy atom. The Hall–Kier alpha value is -1.92. The summed E-state index contributed by atoms with van der Waals surface area (Å²) in [5.41, 5.74) is 1.48. The van der Waals surface area contributed by atoms with Gasteiger partial charge in [-0.2, -0.15) is 20.3 Å². The van der Waals surface area contributed by atoms with Crippen molar-refractivity contribution in [2.45, 2.75) is 32.6 Å². The molecule has 7 heteroatoms. The number of anilines is 2. The Balaban J connectivity index is 1.75. The molecule has 1 N–H and O–H groups in total. The topological polar surface area (TPSA) is 73.8 Å². The van der Waals surface area contributed by atoms with Gasteiger partial charge in [0.25, 0.3) is 0 Å². The van der Waals surface area contributed by atoms with E-state index >= 15 is 0 Å². The highest BCUT2D eigenvalue weighted by Gasteiger charge is 2.24. The van der Waals surface area contributed by atoms with Gasteiger partial charge in [0, 0.05) is 26.2 Å². The quantitative estimate of drug-likeness (QED) is 0.904. The standard InChI is InChI=1S/C14H21N7/c1-10-5-4-8-21(9-10)14-15-12-11(17-19-18-12)13(16-14)20-6-2-3-7-20/h10H,2-9H2,1H3,(H,15,16,17,18,19)/t10-/m0/s1. The summed E-state index contributed by atoms with van der Waals surface area (Å²) < 4.78 is 0. The molecule has 4 heterocycles. The minimum atomic E-state index is 0.681. The molecule has 4 rings (SSSR count). The Morgan fingerprint density at radius 2 is 1.81 bits per heavy atom. The average molecular weight is 287 g/mol. The van der Waals surface area contributed by atoms with Crippen LogP contribution in [0, 0.1) is 5.92 Å². The molecule has 0 aromatic carbocycles. The van der Waals surface area contributed by atoms with Gasteiger partial charge >= 0.3 is 0 Å². The molecule has 0 unspecified atom stereocenters. The Bertz CT molecular complexity index is 631. The van der Waals surface area contributed by atoms with E-state index in [0.29, 0.717) is 11.6 Å². The molecule has 112 valence electrons. The Labute approximate surface area is 123 Å². The molecule has 0 saturated carbocycles.